The van der Waals surface area contributed by atoms with Gasteiger partial charge in [-0.05, 0) is 19.3 Å². The van der Waals surface area contributed by atoms with Crippen LogP contribution in [0.4, 0.5) is 0 Å². The lowest BCUT2D eigenvalue weighted by atomic mass is 10.2. The lowest BCUT2D eigenvalue weighted by Gasteiger charge is -2.18. The third kappa shape index (κ3) is 4.21. The molecule has 0 rings (SSSR count). The second-order valence-corrected chi connectivity index (χ2v) is 2.38. The van der Waals surface area contributed by atoms with Crippen molar-refractivity contribution in [2.75, 3.05) is 7.05 Å². The van der Waals surface area contributed by atoms with Crippen LogP contribution < -0.4 is 0 Å². The van der Waals surface area contributed by atoms with E-state index in [4.69, 9.17) is 5.41 Å². The summed E-state index contributed by atoms with van der Waals surface area (Å²) in [6.45, 7) is 5.71. The van der Waals surface area contributed by atoms with Crippen LogP contribution in [0.1, 0.15) is 13.3 Å². The van der Waals surface area contributed by atoms with Gasteiger partial charge < -0.3 is 4.90 Å². The van der Waals surface area contributed by atoms with Gasteiger partial charge in [0.1, 0.15) is 0 Å². The van der Waals surface area contributed by atoms with E-state index in [9.17, 15) is 0 Å². The van der Waals surface area contributed by atoms with E-state index in [2.05, 4.69) is 25.5 Å². The van der Waals surface area contributed by atoms with Crippen LogP contribution in [0.15, 0.2) is 12.7 Å². The minimum Gasteiger partial charge on any atom is -0.332 e. The molecule has 2 heteroatoms. The lowest BCUT2D eigenvalue weighted by Crippen LogP contribution is -2.23. The van der Waals surface area contributed by atoms with Crippen molar-refractivity contribution in [1.82, 2.24) is 4.90 Å². The summed E-state index contributed by atoms with van der Waals surface area (Å²) in [4.78, 5) is 1.88. The molecule has 2 nitrogen and oxygen atoms in total. The Morgan fingerprint density at radius 2 is 2.36 bits per heavy atom. The third-order valence-corrected chi connectivity index (χ3v) is 1.48. The number of hydrogen-bond donors (Lipinski definition) is 1. The van der Waals surface area contributed by atoms with Crippen molar-refractivity contribution in [2.45, 2.75) is 19.4 Å². The second-order valence-electron chi connectivity index (χ2n) is 2.38. The molecule has 0 saturated carbocycles. The summed E-state index contributed by atoms with van der Waals surface area (Å²) in [5, 5.41) is 6.69. The summed E-state index contributed by atoms with van der Waals surface area (Å²) in [5.74, 6) is 2.57. The molecule has 1 atom stereocenters. The van der Waals surface area contributed by atoms with Gasteiger partial charge in [0.2, 0.25) is 0 Å². The standard InChI is InChI=1S/C9H14N2/c1-4-6-9(2)11(3)8-5-7-10/h4,7,9-10H,1,6H2,2-3H3. The predicted octanol–water partition coefficient (Wildman–Crippen LogP) is 1.49. The van der Waals surface area contributed by atoms with Gasteiger partial charge in [0.25, 0.3) is 0 Å². The molecule has 0 aliphatic rings. The maximum atomic E-state index is 6.69. The largest absolute Gasteiger partial charge is 0.332 e. The molecule has 0 aromatic rings. The maximum absolute atomic E-state index is 6.69. The van der Waals surface area contributed by atoms with E-state index in [1.54, 1.807) is 0 Å². The molecule has 0 radical (unpaired) electrons. The number of nitrogens with one attached hydrogen (secondary N) is 1. The van der Waals surface area contributed by atoms with Gasteiger partial charge in [-0.3, -0.25) is 5.41 Å². The number of hydrogen-bond acceptors (Lipinski definition) is 2. The van der Waals surface area contributed by atoms with Crippen LogP contribution >= 0.6 is 0 Å². The number of rotatable bonds is 3. The molecule has 0 aliphatic carbocycles. The molecule has 0 saturated heterocycles. The topological polar surface area (TPSA) is 27.1 Å². The molecule has 0 bridgehead atoms. The molecule has 0 aliphatic heterocycles. The van der Waals surface area contributed by atoms with E-state index in [0.29, 0.717) is 6.04 Å². The van der Waals surface area contributed by atoms with E-state index in [1.807, 2.05) is 18.0 Å². The molecular weight excluding hydrogens is 136 g/mol. The van der Waals surface area contributed by atoms with Gasteiger partial charge >= 0.3 is 0 Å². The highest BCUT2D eigenvalue weighted by Crippen LogP contribution is 1.98. The fraction of sp³-hybridized carbons (Fsp3) is 0.444. The van der Waals surface area contributed by atoms with Gasteiger partial charge in [-0.2, -0.15) is 0 Å². The Labute approximate surface area is 68.4 Å². The van der Waals surface area contributed by atoms with E-state index in [-0.39, 0.29) is 0 Å². The molecule has 60 valence electrons. The summed E-state index contributed by atoms with van der Waals surface area (Å²) in [6, 6.07) is 3.18. The number of nitrogens with zero attached hydrogens (tertiary/aromatic N) is 1. The van der Waals surface area contributed by atoms with Crippen LogP contribution in [0.2, 0.25) is 0 Å². The Balaban J connectivity index is 3.89. The van der Waals surface area contributed by atoms with Gasteiger partial charge in [0.05, 0.1) is 6.21 Å². The summed E-state index contributed by atoms with van der Waals surface area (Å²) in [6.07, 6.45) is 3.88. The summed E-state index contributed by atoms with van der Waals surface area (Å²) < 4.78 is 0. The first-order valence-electron chi connectivity index (χ1n) is 3.56. The van der Waals surface area contributed by atoms with Crippen LogP contribution in [0.5, 0.6) is 0 Å². The first kappa shape index (κ1) is 9.77. The first-order chi connectivity index (χ1) is 5.22. The maximum Gasteiger partial charge on any atom is 0.0695 e. The molecule has 0 fully saturated rings. The molecular formula is C9H14N2. The van der Waals surface area contributed by atoms with Crippen molar-refractivity contribution in [3.05, 3.63) is 12.7 Å². The highest BCUT2D eigenvalue weighted by molar-refractivity contribution is 5.74. The zero-order valence-corrected chi connectivity index (χ0v) is 7.09. The summed E-state index contributed by atoms with van der Waals surface area (Å²) >= 11 is 0. The highest BCUT2D eigenvalue weighted by Gasteiger charge is 2.00. The zero-order valence-electron chi connectivity index (χ0n) is 7.09. The Kier molecular flexibility index (Phi) is 4.93. The molecule has 0 heterocycles. The van der Waals surface area contributed by atoms with E-state index < -0.39 is 0 Å². The monoisotopic (exact) mass is 150 g/mol. The SMILES string of the molecule is C=CCC(C)N(C)C#CC=N. The predicted molar refractivity (Wildman–Crippen MR) is 48.6 cm³/mol. The van der Waals surface area contributed by atoms with Crippen LogP contribution in [0.25, 0.3) is 0 Å². The molecule has 0 aromatic carbocycles. The van der Waals surface area contributed by atoms with Crippen molar-refractivity contribution in [1.29, 1.82) is 5.41 Å². The van der Waals surface area contributed by atoms with Gasteiger partial charge in [-0.25, -0.2) is 0 Å². The van der Waals surface area contributed by atoms with Crippen LogP contribution in [-0.2, 0) is 0 Å². The van der Waals surface area contributed by atoms with Gasteiger partial charge in [-0.1, -0.05) is 6.08 Å². The van der Waals surface area contributed by atoms with Gasteiger partial charge in [0.15, 0.2) is 0 Å². The van der Waals surface area contributed by atoms with E-state index >= 15 is 0 Å². The van der Waals surface area contributed by atoms with E-state index in [0.717, 1.165) is 12.6 Å². The quantitative estimate of drug-likeness (QED) is 0.280. The Morgan fingerprint density at radius 1 is 1.73 bits per heavy atom. The smallest absolute Gasteiger partial charge is 0.0695 e. The van der Waals surface area contributed by atoms with Crippen LogP contribution in [-0.4, -0.2) is 24.2 Å². The van der Waals surface area contributed by atoms with Gasteiger partial charge in [-0.15, -0.1) is 6.58 Å². The lowest BCUT2D eigenvalue weighted by molar-refractivity contribution is 0.375. The Hall–Kier alpha value is -1.23. The van der Waals surface area contributed by atoms with Crippen LogP contribution in [0, 0.1) is 17.4 Å². The van der Waals surface area contributed by atoms with Gasteiger partial charge in [0, 0.05) is 19.1 Å². The molecule has 1 N–H and O–H groups in total. The Morgan fingerprint density at radius 3 is 2.82 bits per heavy atom. The zero-order chi connectivity index (χ0) is 8.69. The second kappa shape index (κ2) is 5.55. The fourth-order valence-electron chi connectivity index (χ4n) is 0.644. The molecule has 0 amide bonds. The van der Waals surface area contributed by atoms with Crippen molar-refractivity contribution in [3.63, 3.8) is 0 Å². The molecule has 0 aromatic heterocycles. The normalized spacial score (nSPS) is 10.7. The molecule has 11 heavy (non-hydrogen) atoms. The minimum absolute atomic E-state index is 0.375. The summed E-state index contributed by atoms with van der Waals surface area (Å²) in [5.41, 5.74) is 0. The average Bonchev–Trinajstić information content (AvgIpc) is 2.00. The van der Waals surface area contributed by atoms with Crippen molar-refractivity contribution in [3.8, 4) is 12.0 Å². The first-order valence-corrected chi connectivity index (χ1v) is 3.56. The van der Waals surface area contributed by atoms with Crippen LogP contribution in [0.3, 0.4) is 0 Å². The average molecular weight is 150 g/mol. The Bertz CT molecular complexity index is 185. The minimum atomic E-state index is 0.375. The van der Waals surface area contributed by atoms with Crippen molar-refractivity contribution >= 4 is 6.21 Å². The molecule has 1 unspecified atom stereocenters. The van der Waals surface area contributed by atoms with Crippen molar-refractivity contribution in [2.24, 2.45) is 0 Å². The fourth-order valence-corrected chi connectivity index (χ4v) is 0.644. The van der Waals surface area contributed by atoms with E-state index in [1.165, 1.54) is 0 Å². The molecule has 0 spiro atoms. The highest BCUT2D eigenvalue weighted by atomic mass is 15.1. The summed E-state index contributed by atoms with van der Waals surface area (Å²) in [7, 11) is 1.91. The third-order valence-electron chi connectivity index (χ3n) is 1.48. The van der Waals surface area contributed by atoms with Crippen molar-refractivity contribution < 1.29 is 0 Å².